The van der Waals surface area contributed by atoms with Gasteiger partial charge in [0.15, 0.2) is 0 Å². The van der Waals surface area contributed by atoms with Crippen molar-refractivity contribution in [1.82, 2.24) is 0 Å². The van der Waals surface area contributed by atoms with E-state index in [9.17, 15) is 0 Å². The van der Waals surface area contributed by atoms with Crippen LogP contribution >= 0.6 is 0 Å². The molecule has 0 atom stereocenters. The minimum absolute atomic E-state index is 0. The Kier molecular flexibility index (Phi) is 7.51. The van der Waals surface area contributed by atoms with Crippen LogP contribution in [0.5, 0.6) is 0 Å². The van der Waals surface area contributed by atoms with Crippen molar-refractivity contribution >= 4 is 0 Å². The zero-order chi connectivity index (χ0) is 9.52. The summed E-state index contributed by atoms with van der Waals surface area (Å²) in [6, 6.07) is 9.87. The monoisotopic (exact) mass is 260 g/mol. The van der Waals surface area contributed by atoms with Gasteiger partial charge in [-0.15, -0.1) is 18.6 Å². The van der Waals surface area contributed by atoms with E-state index in [4.69, 9.17) is 0 Å². The quantitative estimate of drug-likeness (QED) is 0.626. The van der Waals surface area contributed by atoms with Gasteiger partial charge in [0.1, 0.15) is 0 Å². The number of hydrogen-bond donors (Lipinski definition) is 0. The molecule has 0 saturated heterocycles. The molecule has 1 aliphatic carbocycles. The van der Waals surface area contributed by atoms with Crippen LogP contribution in [0.1, 0.15) is 18.9 Å². The summed E-state index contributed by atoms with van der Waals surface area (Å²) in [6.45, 7) is 5.78. The Morgan fingerprint density at radius 2 is 1.86 bits per heavy atom. The zero-order valence-electron chi connectivity index (χ0n) is 8.46. The fraction of sp³-hybridized carbons (Fsp3) is 0.154. The summed E-state index contributed by atoms with van der Waals surface area (Å²) >= 11 is 0. The third kappa shape index (κ3) is 5.99. The van der Waals surface area contributed by atoms with Gasteiger partial charge in [-0.3, -0.25) is 6.08 Å². The molecule has 0 nitrogen and oxygen atoms in total. The summed E-state index contributed by atoms with van der Waals surface area (Å²) in [5, 5.41) is 0. The van der Waals surface area contributed by atoms with Gasteiger partial charge in [-0.25, -0.2) is 11.6 Å². The Balaban J connectivity index is 0.000000227. The molecule has 0 aliphatic heterocycles. The summed E-state index contributed by atoms with van der Waals surface area (Å²) in [4.78, 5) is 0. The van der Waals surface area contributed by atoms with E-state index in [1.165, 1.54) is 5.57 Å². The van der Waals surface area contributed by atoms with Crippen LogP contribution < -0.4 is 0 Å². The minimum Gasteiger partial charge on any atom is -0.270 e. The Morgan fingerprint density at radius 3 is 2.07 bits per heavy atom. The van der Waals surface area contributed by atoms with Gasteiger partial charge in [-0.2, -0.15) is 30.7 Å². The van der Waals surface area contributed by atoms with Gasteiger partial charge in [-0.1, -0.05) is 13.0 Å². The molecule has 0 N–H and O–H groups in total. The van der Waals surface area contributed by atoms with Crippen molar-refractivity contribution in [3.63, 3.8) is 0 Å². The van der Waals surface area contributed by atoms with Gasteiger partial charge >= 0.3 is 26.2 Å². The molecular weight excluding hydrogens is 247 g/mol. The number of allylic oxidation sites excluding steroid dienone is 4. The van der Waals surface area contributed by atoms with Crippen LogP contribution in [0.15, 0.2) is 48.1 Å². The molecule has 0 unspecified atom stereocenters. The van der Waals surface area contributed by atoms with Crippen molar-refractivity contribution in [1.29, 1.82) is 0 Å². The van der Waals surface area contributed by atoms with E-state index < -0.39 is 0 Å². The van der Waals surface area contributed by atoms with Gasteiger partial charge in [0.25, 0.3) is 0 Å². The van der Waals surface area contributed by atoms with Crippen molar-refractivity contribution in [3.05, 3.63) is 66.6 Å². The Hall–Kier alpha value is -0.547. The van der Waals surface area contributed by atoms with Gasteiger partial charge in [0.05, 0.1) is 0 Å². The second-order valence-corrected chi connectivity index (χ2v) is 2.95. The Morgan fingerprint density at radius 1 is 1.21 bits per heavy atom. The Labute approximate surface area is 106 Å². The van der Waals surface area contributed by atoms with Crippen LogP contribution in [0, 0.1) is 13.0 Å². The summed E-state index contributed by atoms with van der Waals surface area (Å²) in [6.07, 6.45) is 8.33. The van der Waals surface area contributed by atoms with Crippen LogP contribution in [-0.4, -0.2) is 0 Å². The van der Waals surface area contributed by atoms with Crippen molar-refractivity contribution in [2.24, 2.45) is 0 Å². The van der Waals surface area contributed by atoms with E-state index in [0.717, 1.165) is 12.0 Å². The first-order chi connectivity index (χ1) is 6.29. The van der Waals surface area contributed by atoms with Crippen LogP contribution in [0.3, 0.4) is 0 Å². The summed E-state index contributed by atoms with van der Waals surface area (Å²) < 4.78 is 0. The van der Waals surface area contributed by atoms with Crippen molar-refractivity contribution in [2.75, 3.05) is 0 Å². The molecule has 1 aliphatic rings. The van der Waals surface area contributed by atoms with Gasteiger partial charge in [0, 0.05) is 0 Å². The van der Waals surface area contributed by atoms with Crippen LogP contribution in [0.4, 0.5) is 0 Å². The maximum atomic E-state index is 3.72. The number of hydrogen-bond acceptors (Lipinski definition) is 0. The Bertz CT molecular complexity index is 294. The smallest absolute Gasteiger partial charge is 0.270 e. The molecule has 0 fully saturated rings. The molecule has 1 heteroatoms. The molecule has 0 bridgehead atoms. The standard InChI is InChI=1S/C7H7.C6H7.Zr/c1-7-5-3-2-4-6-7;1-6-4-2-3-5-6;/h2-6H,1H2;2,4H,3H2,1H3;/q2*-1;+2. The average Bonchev–Trinajstić information content (AvgIpc) is 2.58. The van der Waals surface area contributed by atoms with Crippen LogP contribution in [-0.2, 0) is 26.2 Å². The second kappa shape index (κ2) is 7.82. The van der Waals surface area contributed by atoms with E-state index in [1.54, 1.807) is 0 Å². The first-order valence-corrected chi connectivity index (χ1v) is 4.40. The molecule has 1 aromatic rings. The molecule has 2 rings (SSSR count). The van der Waals surface area contributed by atoms with E-state index >= 15 is 0 Å². The van der Waals surface area contributed by atoms with E-state index in [-0.39, 0.29) is 26.2 Å². The molecule has 1 aromatic carbocycles. The van der Waals surface area contributed by atoms with Crippen LogP contribution in [0.25, 0.3) is 0 Å². The maximum Gasteiger partial charge on any atom is 2.00 e. The fourth-order valence-electron chi connectivity index (χ4n) is 0.993. The van der Waals surface area contributed by atoms with E-state index in [0.29, 0.717) is 0 Å². The molecule has 70 valence electrons. The first kappa shape index (κ1) is 13.5. The molecule has 0 amide bonds. The second-order valence-electron chi connectivity index (χ2n) is 2.95. The maximum absolute atomic E-state index is 3.72. The summed E-state index contributed by atoms with van der Waals surface area (Å²) in [5.41, 5.74) is 2.34. The average molecular weight is 261 g/mol. The molecule has 0 heterocycles. The van der Waals surface area contributed by atoms with Crippen LogP contribution in [0.2, 0.25) is 0 Å². The van der Waals surface area contributed by atoms with Crippen molar-refractivity contribution < 1.29 is 26.2 Å². The predicted octanol–water partition coefficient (Wildman–Crippen LogP) is 3.56. The SMILES string of the molecule is CC1=[C-]CC=C1.[CH2-]c1ccccc1.[Zr+2]. The zero-order valence-corrected chi connectivity index (χ0v) is 10.9. The molecule has 0 aromatic heterocycles. The largest absolute Gasteiger partial charge is 2.00 e. The first-order valence-electron chi connectivity index (χ1n) is 4.40. The van der Waals surface area contributed by atoms with E-state index in [1.807, 2.05) is 30.3 Å². The summed E-state index contributed by atoms with van der Waals surface area (Å²) in [7, 11) is 0. The molecule has 0 radical (unpaired) electrons. The molecule has 0 saturated carbocycles. The van der Waals surface area contributed by atoms with Gasteiger partial charge in [-0.05, 0) is 0 Å². The van der Waals surface area contributed by atoms with Gasteiger partial charge in [0.2, 0.25) is 0 Å². The minimum atomic E-state index is 0. The van der Waals surface area contributed by atoms with E-state index in [2.05, 4.69) is 32.1 Å². The number of rotatable bonds is 0. The predicted molar refractivity (Wildman–Crippen MR) is 57.1 cm³/mol. The fourth-order valence-corrected chi connectivity index (χ4v) is 0.993. The van der Waals surface area contributed by atoms with Gasteiger partial charge < -0.3 is 0 Å². The third-order valence-corrected chi connectivity index (χ3v) is 1.71. The molecule has 14 heavy (non-hydrogen) atoms. The van der Waals surface area contributed by atoms with Crippen molar-refractivity contribution in [2.45, 2.75) is 13.3 Å². The third-order valence-electron chi connectivity index (χ3n) is 1.71. The van der Waals surface area contributed by atoms with Crippen molar-refractivity contribution in [3.8, 4) is 0 Å². The topological polar surface area (TPSA) is 0 Å². The normalized spacial score (nSPS) is 12.2. The molecular formula is C13H14Zr. The summed E-state index contributed by atoms with van der Waals surface area (Å²) in [5.74, 6) is 0. The molecule has 0 spiro atoms. The number of benzene rings is 1.